The normalized spacial score (nSPS) is 14.8. The molecular weight excluding hydrogens is 462 g/mol. The summed E-state index contributed by atoms with van der Waals surface area (Å²) in [5, 5.41) is 6.89. The largest absolute Gasteiger partial charge is 0.457 e. The van der Waals surface area contributed by atoms with Crippen LogP contribution in [-0.4, -0.2) is 21.8 Å². The number of hydrogen-bond donors (Lipinski definition) is 0. The lowest BCUT2D eigenvalue weighted by atomic mass is 10.0. The van der Waals surface area contributed by atoms with Gasteiger partial charge in [-0.15, -0.1) is 5.10 Å². The molecule has 0 unspecified atom stereocenters. The zero-order chi connectivity index (χ0) is 25.2. The van der Waals surface area contributed by atoms with Crippen molar-refractivity contribution in [3.63, 3.8) is 0 Å². The topological polar surface area (TPSA) is 64.0 Å². The number of fused-ring (bicyclic) bond motifs is 1. The molecule has 0 aliphatic carbocycles. The van der Waals surface area contributed by atoms with Crippen LogP contribution in [0.4, 0.5) is 0 Å². The van der Waals surface area contributed by atoms with Crippen molar-refractivity contribution in [2.24, 2.45) is 5.10 Å². The molecular formula is C31H23N3O3. The summed E-state index contributed by atoms with van der Waals surface area (Å²) in [4.78, 5) is 17.5. The molecule has 0 fully saturated rings. The molecule has 6 heteroatoms. The van der Waals surface area contributed by atoms with Gasteiger partial charge in [0.1, 0.15) is 11.5 Å². The summed E-state index contributed by atoms with van der Waals surface area (Å²) in [6, 6.07) is 36.8. The Labute approximate surface area is 214 Å². The molecule has 1 amide bonds. The third-order valence-electron chi connectivity index (χ3n) is 6.10. The van der Waals surface area contributed by atoms with E-state index in [1.807, 2.05) is 115 Å². The number of benzene rings is 4. The molecule has 4 aromatic carbocycles. The molecule has 0 saturated carbocycles. The third-order valence-corrected chi connectivity index (χ3v) is 6.10. The van der Waals surface area contributed by atoms with Crippen LogP contribution in [0.3, 0.4) is 0 Å². The van der Waals surface area contributed by atoms with Crippen molar-refractivity contribution < 1.29 is 14.3 Å². The highest BCUT2D eigenvalue weighted by atomic mass is 16.5. The fourth-order valence-electron chi connectivity index (χ4n) is 4.36. The van der Waals surface area contributed by atoms with Gasteiger partial charge >= 0.3 is 0 Å². The van der Waals surface area contributed by atoms with E-state index in [1.54, 1.807) is 0 Å². The summed E-state index contributed by atoms with van der Waals surface area (Å²) in [6.45, 7) is 1.48. The Kier molecular flexibility index (Phi) is 5.83. The van der Waals surface area contributed by atoms with Gasteiger partial charge in [0.25, 0.3) is 0 Å². The Morgan fingerprint density at radius 3 is 2.30 bits per heavy atom. The molecule has 0 N–H and O–H groups in total. The second kappa shape index (κ2) is 9.59. The van der Waals surface area contributed by atoms with Gasteiger partial charge in [-0.2, -0.15) is 5.01 Å². The van der Waals surface area contributed by atoms with Gasteiger partial charge < -0.3 is 9.47 Å². The van der Waals surface area contributed by atoms with Crippen molar-refractivity contribution in [3.8, 4) is 22.8 Å². The summed E-state index contributed by atoms with van der Waals surface area (Å²) >= 11 is 0. The number of hydrogen-bond acceptors (Lipinski definition) is 5. The number of hydrazone groups is 1. The summed E-state index contributed by atoms with van der Waals surface area (Å²) in [6.07, 6.45) is -0.723. The Hall–Kier alpha value is -4.97. The lowest BCUT2D eigenvalue weighted by Gasteiger charge is -2.20. The van der Waals surface area contributed by atoms with E-state index in [0.29, 0.717) is 11.6 Å². The zero-order valence-corrected chi connectivity index (χ0v) is 20.1. The number of ether oxygens (including phenoxy) is 2. The molecule has 6 rings (SSSR count). The highest BCUT2D eigenvalue weighted by Crippen LogP contribution is 2.35. The Bertz CT molecular complexity index is 1620. The van der Waals surface area contributed by atoms with Gasteiger partial charge in [0.2, 0.25) is 18.0 Å². The fraction of sp³-hybridized carbons (Fsp3) is 0.0645. The van der Waals surface area contributed by atoms with E-state index in [-0.39, 0.29) is 5.91 Å². The quantitative estimate of drug-likeness (QED) is 0.271. The predicted molar refractivity (Wildman–Crippen MR) is 143 cm³/mol. The second-order valence-electron chi connectivity index (χ2n) is 8.66. The number of para-hydroxylation sites is 2. The van der Waals surface area contributed by atoms with Crippen molar-refractivity contribution in [2.75, 3.05) is 0 Å². The molecule has 180 valence electrons. The SMILES string of the molecule is CC(=O)N1N=C(c2cc(-c3ccccc3)nc3ccccc23)O[C@H]1c1cccc(Oc2ccccc2)c1. The Balaban J connectivity index is 1.39. The molecule has 0 radical (unpaired) electrons. The van der Waals surface area contributed by atoms with E-state index in [2.05, 4.69) is 5.10 Å². The minimum absolute atomic E-state index is 0.226. The lowest BCUT2D eigenvalue weighted by Crippen LogP contribution is -2.25. The van der Waals surface area contributed by atoms with Crippen molar-refractivity contribution in [1.82, 2.24) is 9.99 Å². The maximum Gasteiger partial charge on any atom is 0.243 e. The monoisotopic (exact) mass is 485 g/mol. The maximum absolute atomic E-state index is 12.6. The first-order valence-corrected chi connectivity index (χ1v) is 12.0. The number of pyridine rings is 1. The molecule has 1 aromatic heterocycles. The van der Waals surface area contributed by atoms with E-state index in [9.17, 15) is 4.79 Å². The van der Waals surface area contributed by atoms with Crippen LogP contribution in [0.2, 0.25) is 0 Å². The van der Waals surface area contributed by atoms with E-state index >= 15 is 0 Å². The average molecular weight is 486 g/mol. The van der Waals surface area contributed by atoms with Crippen molar-refractivity contribution in [2.45, 2.75) is 13.2 Å². The minimum Gasteiger partial charge on any atom is -0.457 e. The van der Waals surface area contributed by atoms with Crippen LogP contribution in [0.1, 0.15) is 24.3 Å². The van der Waals surface area contributed by atoms with Gasteiger partial charge in [-0.05, 0) is 36.4 Å². The van der Waals surface area contributed by atoms with Gasteiger partial charge in [-0.1, -0.05) is 78.9 Å². The van der Waals surface area contributed by atoms with Crippen LogP contribution in [0.25, 0.3) is 22.2 Å². The first-order valence-electron chi connectivity index (χ1n) is 12.0. The summed E-state index contributed by atoms with van der Waals surface area (Å²) in [7, 11) is 0. The molecule has 1 atom stereocenters. The number of amides is 1. The van der Waals surface area contributed by atoms with Gasteiger partial charge in [-0.25, -0.2) is 4.98 Å². The molecule has 0 bridgehead atoms. The second-order valence-corrected chi connectivity index (χ2v) is 8.66. The molecule has 37 heavy (non-hydrogen) atoms. The number of carbonyl (C=O) groups excluding carboxylic acids is 1. The molecule has 1 aliphatic rings. The number of aromatic nitrogens is 1. The van der Waals surface area contributed by atoms with E-state index in [0.717, 1.165) is 39.0 Å². The van der Waals surface area contributed by atoms with Crippen LogP contribution in [-0.2, 0) is 9.53 Å². The molecule has 5 aromatic rings. The van der Waals surface area contributed by atoms with Crippen LogP contribution in [0, 0.1) is 0 Å². The molecule has 0 saturated heterocycles. The molecule has 1 aliphatic heterocycles. The standard InChI is InChI=1S/C31H23N3O3/c1-21(35)34-31(23-13-10-16-25(19-23)36-24-14-6-3-7-15-24)37-30(33-34)27-20-29(22-11-4-2-5-12-22)32-28-18-9-8-17-26(27)28/h2-20,31H,1H3/t31-/m0/s1. The van der Waals surface area contributed by atoms with Crippen LogP contribution in [0.15, 0.2) is 120 Å². The highest BCUT2D eigenvalue weighted by molar-refractivity contribution is 6.08. The van der Waals surface area contributed by atoms with Crippen molar-refractivity contribution in [1.29, 1.82) is 0 Å². The van der Waals surface area contributed by atoms with E-state index in [1.165, 1.54) is 11.9 Å². The average Bonchev–Trinajstić information content (AvgIpc) is 3.40. The number of rotatable bonds is 5. The van der Waals surface area contributed by atoms with E-state index < -0.39 is 6.23 Å². The molecule has 6 nitrogen and oxygen atoms in total. The van der Waals surface area contributed by atoms with Crippen molar-refractivity contribution >= 4 is 22.7 Å². The molecule has 0 spiro atoms. The van der Waals surface area contributed by atoms with Crippen LogP contribution in [0.5, 0.6) is 11.5 Å². The summed E-state index contributed by atoms with van der Waals surface area (Å²) in [5.41, 5.74) is 4.13. The summed E-state index contributed by atoms with van der Waals surface area (Å²) in [5.74, 6) is 1.51. The molecule has 2 heterocycles. The zero-order valence-electron chi connectivity index (χ0n) is 20.1. The number of nitrogens with zero attached hydrogens (tertiary/aromatic N) is 3. The van der Waals surface area contributed by atoms with Crippen LogP contribution < -0.4 is 4.74 Å². The van der Waals surface area contributed by atoms with Gasteiger partial charge in [0.05, 0.1) is 11.2 Å². The minimum atomic E-state index is -0.723. The van der Waals surface area contributed by atoms with Crippen LogP contribution >= 0.6 is 0 Å². The van der Waals surface area contributed by atoms with Gasteiger partial charge in [0.15, 0.2) is 0 Å². The van der Waals surface area contributed by atoms with Crippen molar-refractivity contribution in [3.05, 3.63) is 126 Å². The van der Waals surface area contributed by atoms with Gasteiger partial charge in [-0.3, -0.25) is 4.79 Å². The predicted octanol–water partition coefficient (Wildman–Crippen LogP) is 6.93. The lowest BCUT2D eigenvalue weighted by molar-refractivity contribution is -0.135. The Morgan fingerprint density at radius 1 is 0.811 bits per heavy atom. The summed E-state index contributed by atoms with van der Waals surface area (Å²) < 4.78 is 12.4. The first-order chi connectivity index (χ1) is 18.2. The maximum atomic E-state index is 12.6. The fourth-order valence-corrected chi connectivity index (χ4v) is 4.36. The van der Waals surface area contributed by atoms with E-state index in [4.69, 9.17) is 14.5 Å². The van der Waals surface area contributed by atoms with Gasteiger partial charge in [0, 0.05) is 29.0 Å². The number of carbonyl (C=O) groups is 1. The third kappa shape index (κ3) is 4.52. The highest BCUT2D eigenvalue weighted by Gasteiger charge is 2.34. The first kappa shape index (κ1) is 22.5. The Morgan fingerprint density at radius 2 is 1.51 bits per heavy atom. The smallest absolute Gasteiger partial charge is 0.243 e.